The summed E-state index contributed by atoms with van der Waals surface area (Å²) in [7, 11) is 0. The van der Waals surface area contributed by atoms with Crippen LogP contribution in [-0.4, -0.2) is 52.5 Å². The van der Waals surface area contributed by atoms with Crippen molar-refractivity contribution in [3.63, 3.8) is 0 Å². The number of fused-ring (bicyclic) bond motifs is 1. The minimum absolute atomic E-state index is 0.0322. The summed E-state index contributed by atoms with van der Waals surface area (Å²) in [5.41, 5.74) is 3.12. The minimum Gasteiger partial charge on any atom is -0.388 e. The lowest BCUT2D eigenvalue weighted by Gasteiger charge is -2.24. The SMILES string of the molecule is Cc1ccnc(C2C[C@@H]2C(=O)Nc2cc(N3CC(C)(O)C[C@@H]3c3cn4cc(C5CC5)ccc4n3)ncn2)n1. The van der Waals surface area contributed by atoms with E-state index < -0.39 is 5.60 Å². The lowest BCUT2D eigenvalue weighted by Crippen LogP contribution is -2.30. The first-order valence-electron chi connectivity index (χ1n) is 13.2. The lowest BCUT2D eigenvalue weighted by molar-refractivity contribution is -0.117. The summed E-state index contributed by atoms with van der Waals surface area (Å²) in [5, 5.41) is 14.0. The van der Waals surface area contributed by atoms with E-state index in [4.69, 9.17) is 4.98 Å². The van der Waals surface area contributed by atoms with Gasteiger partial charge in [0.2, 0.25) is 5.91 Å². The van der Waals surface area contributed by atoms with Crippen LogP contribution in [0.3, 0.4) is 0 Å². The van der Waals surface area contributed by atoms with Crippen LogP contribution in [0.2, 0.25) is 0 Å². The third-order valence-corrected chi connectivity index (χ3v) is 7.87. The van der Waals surface area contributed by atoms with Gasteiger partial charge in [-0.05, 0) is 56.7 Å². The number of aromatic nitrogens is 6. The Hall–Kier alpha value is -3.92. The molecule has 0 bridgehead atoms. The van der Waals surface area contributed by atoms with Crippen LogP contribution in [-0.2, 0) is 4.79 Å². The predicted octanol–water partition coefficient (Wildman–Crippen LogP) is 3.54. The normalized spacial score (nSPS) is 26.6. The molecular formula is C28H30N8O2. The number of amides is 1. The Labute approximate surface area is 220 Å². The number of imidazole rings is 1. The van der Waals surface area contributed by atoms with Crippen molar-refractivity contribution in [2.45, 2.75) is 63.0 Å². The van der Waals surface area contributed by atoms with E-state index in [9.17, 15) is 9.90 Å². The number of aryl methyl sites for hydroxylation is 1. The van der Waals surface area contributed by atoms with Crippen molar-refractivity contribution >= 4 is 23.2 Å². The summed E-state index contributed by atoms with van der Waals surface area (Å²) in [5.74, 6) is 2.22. The van der Waals surface area contributed by atoms with Crippen molar-refractivity contribution < 1.29 is 9.90 Å². The number of carbonyl (C=O) groups is 1. The minimum atomic E-state index is -0.900. The fourth-order valence-electron chi connectivity index (χ4n) is 5.63. The number of anilines is 2. The summed E-state index contributed by atoms with van der Waals surface area (Å²) in [6, 6.07) is 7.71. The topological polar surface area (TPSA) is 121 Å². The van der Waals surface area contributed by atoms with Crippen LogP contribution in [0.15, 0.2) is 49.2 Å². The van der Waals surface area contributed by atoms with Crippen molar-refractivity contribution in [1.29, 1.82) is 0 Å². The van der Waals surface area contributed by atoms with Gasteiger partial charge in [-0.15, -0.1) is 0 Å². The van der Waals surface area contributed by atoms with E-state index in [1.807, 2.05) is 19.9 Å². The number of nitrogens with one attached hydrogen (secondary N) is 1. The molecule has 5 heterocycles. The molecule has 2 unspecified atom stereocenters. The van der Waals surface area contributed by atoms with E-state index in [2.05, 4.69) is 59.1 Å². The molecule has 2 saturated carbocycles. The Balaban J connectivity index is 1.11. The third-order valence-electron chi connectivity index (χ3n) is 7.87. The van der Waals surface area contributed by atoms with E-state index in [1.54, 1.807) is 12.3 Å². The number of carbonyl (C=O) groups excluding carboxylic acids is 1. The predicted molar refractivity (Wildman–Crippen MR) is 141 cm³/mol. The first-order valence-corrected chi connectivity index (χ1v) is 13.2. The number of rotatable bonds is 6. The number of pyridine rings is 1. The van der Waals surface area contributed by atoms with Gasteiger partial charge in [0.1, 0.15) is 29.4 Å². The maximum absolute atomic E-state index is 13.0. The quantitative estimate of drug-likeness (QED) is 0.404. The Bertz CT molecular complexity index is 1540. The van der Waals surface area contributed by atoms with Crippen molar-refractivity contribution in [3.8, 4) is 0 Å². The molecule has 4 atom stereocenters. The summed E-state index contributed by atoms with van der Waals surface area (Å²) in [6.07, 6.45) is 11.2. The van der Waals surface area contributed by atoms with Crippen molar-refractivity contribution in [1.82, 2.24) is 29.3 Å². The molecule has 3 fully saturated rings. The second-order valence-electron chi connectivity index (χ2n) is 11.3. The number of hydrogen-bond donors (Lipinski definition) is 2. The van der Waals surface area contributed by atoms with Crippen LogP contribution in [0.1, 0.15) is 73.3 Å². The molecule has 10 heteroatoms. The van der Waals surface area contributed by atoms with Gasteiger partial charge in [-0.25, -0.2) is 24.9 Å². The molecule has 7 rings (SSSR count). The standard InChI is InChI=1S/C28H30N8O2/c1-16-7-8-29-26(32-16)19-9-20(19)27(37)34-23-10-25(31-15-30-23)36-14-28(2,38)11-22(36)21-13-35-12-18(17-3-4-17)5-6-24(35)33-21/h5-8,10,12-13,15,17,19-20,22,38H,3-4,9,11,14H2,1-2H3,(H,30,31,34,37)/t19?,20-,22+,28?/m0/s1. The lowest BCUT2D eigenvalue weighted by atomic mass is 10.0. The van der Waals surface area contributed by atoms with Crippen molar-refractivity contribution in [3.05, 3.63) is 72.0 Å². The molecule has 1 aliphatic heterocycles. The Morgan fingerprint density at radius 1 is 1.13 bits per heavy atom. The van der Waals surface area contributed by atoms with Crippen LogP contribution in [0, 0.1) is 12.8 Å². The van der Waals surface area contributed by atoms with E-state index >= 15 is 0 Å². The summed E-state index contributed by atoms with van der Waals surface area (Å²) in [6.45, 7) is 4.16. The molecule has 0 radical (unpaired) electrons. The molecule has 0 spiro atoms. The van der Waals surface area contributed by atoms with E-state index in [-0.39, 0.29) is 23.8 Å². The number of β-amino-alcohol motifs (C(OH)–C–C–N with tert-alkyl or cyclic N) is 1. The highest BCUT2D eigenvalue weighted by molar-refractivity contribution is 5.94. The molecule has 1 amide bonds. The van der Waals surface area contributed by atoms with Crippen LogP contribution >= 0.6 is 0 Å². The largest absolute Gasteiger partial charge is 0.388 e. The molecule has 4 aromatic heterocycles. The zero-order valence-electron chi connectivity index (χ0n) is 21.4. The molecule has 10 nitrogen and oxygen atoms in total. The average Bonchev–Trinajstić information content (AvgIpc) is 3.81. The maximum atomic E-state index is 13.0. The molecule has 194 valence electrons. The first kappa shape index (κ1) is 23.2. The van der Waals surface area contributed by atoms with Crippen LogP contribution in [0.25, 0.3) is 5.65 Å². The van der Waals surface area contributed by atoms with Crippen LogP contribution in [0.4, 0.5) is 11.6 Å². The Morgan fingerprint density at radius 3 is 2.82 bits per heavy atom. The van der Waals surface area contributed by atoms with Gasteiger partial charge < -0.3 is 19.7 Å². The van der Waals surface area contributed by atoms with E-state index in [0.29, 0.717) is 36.3 Å². The molecule has 3 aliphatic rings. The Kier molecular flexibility index (Phi) is 5.23. The second-order valence-corrected chi connectivity index (χ2v) is 11.3. The van der Waals surface area contributed by atoms with Gasteiger partial charge in [-0.2, -0.15) is 0 Å². The van der Waals surface area contributed by atoms with Crippen LogP contribution < -0.4 is 10.2 Å². The second kappa shape index (κ2) is 8.56. The van der Waals surface area contributed by atoms with Gasteiger partial charge in [0.15, 0.2) is 0 Å². The Morgan fingerprint density at radius 2 is 2.00 bits per heavy atom. The van der Waals surface area contributed by atoms with Crippen molar-refractivity contribution in [2.24, 2.45) is 5.92 Å². The van der Waals surface area contributed by atoms with Gasteiger partial charge >= 0.3 is 0 Å². The number of nitrogens with zero attached hydrogens (tertiary/aromatic N) is 7. The fraction of sp³-hybridized carbons (Fsp3) is 0.429. The van der Waals surface area contributed by atoms with Crippen molar-refractivity contribution in [2.75, 3.05) is 16.8 Å². The highest BCUT2D eigenvalue weighted by Crippen LogP contribution is 2.47. The highest BCUT2D eigenvalue weighted by atomic mass is 16.3. The van der Waals surface area contributed by atoms with Gasteiger partial charge in [-0.3, -0.25) is 4.79 Å². The smallest absolute Gasteiger partial charge is 0.229 e. The average molecular weight is 511 g/mol. The molecule has 1 saturated heterocycles. The molecule has 4 aromatic rings. The van der Waals surface area contributed by atoms with Gasteiger partial charge in [0.25, 0.3) is 0 Å². The zero-order valence-corrected chi connectivity index (χ0v) is 21.4. The monoisotopic (exact) mass is 510 g/mol. The van der Waals surface area contributed by atoms with E-state index in [0.717, 1.165) is 23.5 Å². The molecule has 38 heavy (non-hydrogen) atoms. The summed E-state index contributed by atoms with van der Waals surface area (Å²) >= 11 is 0. The fourth-order valence-corrected chi connectivity index (χ4v) is 5.63. The van der Waals surface area contributed by atoms with Gasteiger partial charge in [0.05, 0.1) is 17.3 Å². The molecule has 2 N–H and O–H groups in total. The first-order chi connectivity index (χ1) is 18.3. The molecule has 2 aliphatic carbocycles. The zero-order chi connectivity index (χ0) is 26.0. The van der Waals surface area contributed by atoms with E-state index in [1.165, 1.54) is 24.7 Å². The molecular weight excluding hydrogens is 480 g/mol. The van der Waals surface area contributed by atoms with Gasteiger partial charge in [0, 0.05) is 55.2 Å². The summed E-state index contributed by atoms with van der Waals surface area (Å²) < 4.78 is 2.09. The van der Waals surface area contributed by atoms with Gasteiger partial charge in [-0.1, -0.05) is 6.07 Å². The maximum Gasteiger partial charge on any atom is 0.229 e. The number of aliphatic hydroxyl groups is 1. The highest BCUT2D eigenvalue weighted by Gasteiger charge is 2.46. The third kappa shape index (κ3) is 4.38. The number of hydrogen-bond acceptors (Lipinski definition) is 8. The summed E-state index contributed by atoms with van der Waals surface area (Å²) in [4.78, 5) is 37.5. The van der Waals surface area contributed by atoms with Crippen LogP contribution in [0.5, 0.6) is 0 Å². The molecule has 0 aromatic carbocycles.